The maximum atomic E-state index is 13.9. The fraction of sp³-hybridized carbons (Fsp3) is 0.200. The lowest BCUT2D eigenvalue weighted by Crippen LogP contribution is -2.15. The Hall–Kier alpha value is -3.95. The second-order valence-electron chi connectivity index (χ2n) is 5.99. The summed E-state index contributed by atoms with van der Waals surface area (Å²) in [6.07, 6.45) is 1.42. The fourth-order valence-electron chi connectivity index (χ4n) is 2.74. The molecule has 0 bridgehead atoms. The topological polar surface area (TPSA) is 109 Å². The lowest BCUT2D eigenvalue weighted by atomic mass is 10.2. The van der Waals surface area contributed by atoms with Gasteiger partial charge in [-0.15, -0.1) is 0 Å². The highest BCUT2D eigenvalue weighted by atomic mass is 19.1. The standard InChI is InChI=1S/C20H19FN4O5/c1-3-29-18-11-15(17(25(27)28)12-19(18)30-4-2)22-20(26)14-9-10-24(23-14)16-8-6-5-7-13(16)21/h5-12H,3-4H2,1-2H3,(H,22,26). The van der Waals surface area contributed by atoms with Crippen LogP contribution in [0, 0.1) is 15.9 Å². The summed E-state index contributed by atoms with van der Waals surface area (Å²) in [7, 11) is 0. The van der Waals surface area contributed by atoms with Crippen molar-refractivity contribution in [1.82, 2.24) is 9.78 Å². The van der Waals surface area contributed by atoms with E-state index in [2.05, 4.69) is 10.4 Å². The monoisotopic (exact) mass is 414 g/mol. The number of carbonyl (C=O) groups is 1. The molecule has 3 rings (SSSR count). The van der Waals surface area contributed by atoms with Gasteiger partial charge in [0.2, 0.25) is 0 Å². The van der Waals surface area contributed by atoms with E-state index >= 15 is 0 Å². The van der Waals surface area contributed by atoms with E-state index in [4.69, 9.17) is 9.47 Å². The largest absolute Gasteiger partial charge is 0.490 e. The quantitative estimate of drug-likeness (QED) is 0.441. The number of nitro groups is 1. The van der Waals surface area contributed by atoms with Gasteiger partial charge in [-0.3, -0.25) is 14.9 Å². The molecule has 1 aromatic heterocycles. The van der Waals surface area contributed by atoms with Crippen LogP contribution in [0.25, 0.3) is 5.69 Å². The molecule has 0 fully saturated rings. The number of anilines is 1. The highest BCUT2D eigenvalue weighted by Gasteiger charge is 2.23. The second-order valence-corrected chi connectivity index (χ2v) is 5.99. The molecule has 0 aliphatic rings. The van der Waals surface area contributed by atoms with Gasteiger partial charge in [-0.25, -0.2) is 9.07 Å². The number of aromatic nitrogens is 2. The molecule has 3 aromatic rings. The summed E-state index contributed by atoms with van der Waals surface area (Å²) < 4.78 is 26.0. The zero-order valence-corrected chi connectivity index (χ0v) is 16.3. The molecule has 0 aliphatic carbocycles. The molecule has 1 heterocycles. The number of nitrogens with one attached hydrogen (secondary N) is 1. The predicted octanol–water partition coefficient (Wildman–Crippen LogP) is 3.97. The molecule has 0 radical (unpaired) electrons. The van der Waals surface area contributed by atoms with Gasteiger partial charge in [0.15, 0.2) is 17.2 Å². The van der Waals surface area contributed by atoms with Crippen molar-refractivity contribution in [2.45, 2.75) is 13.8 Å². The van der Waals surface area contributed by atoms with Crippen LogP contribution in [0.4, 0.5) is 15.8 Å². The van der Waals surface area contributed by atoms with E-state index in [0.29, 0.717) is 6.61 Å². The Kier molecular flexibility index (Phi) is 6.26. The SMILES string of the molecule is CCOc1cc(NC(=O)c2ccn(-c3ccccc3F)n2)c([N+](=O)[O-])cc1OCC. The van der Waals surface area contributed by atoms with E-state index in [-0.39, 0.29) is 40.9 Å². The van der Waals surface area contributed by atoms with Gasteiger partial charge in [0.1, 0.15) is 17.2 Å². The third-order valence-corrected chi connectivity index (χ3v) is 4.03. The van der Waals surface area contributed by atoms with Gasteiger partial charge >= 0.3 is 0 Å². The highest BCUT2D eigenvalue weighted by molar-refractivity contribution is 6.04. The zero-order chi connectivity index (χ0) is 21.7. The molecule has 0 atom stereocenters. The number of hydrogen-bond donors (Lipinski definition) is 1. The van der Waals surface area contributed by atoms with E-state index in [0.717, 1.165) is 0 Å². The Morgan fingerprint density at radius 3 is 2.47 bits per heavy atom. The molecular formula is C20H19FN4O5. The molecule has 1 N–H and O–H groups in total. The van der Waals surface area contributed by atoms with Gasteiger partial charge in [0, 0.05) is 12.3 Å². The number of nitrogens with zero attached hydrogens (tertiary/aromatic N) is 3. The summed E-state index contributed by atoms with van der Waals surface area (Å²) in [5.41, 5.74) is -0.303. The molecule has 2 aromatic carbocycles. The van der Waals surface area contributed by atoms with Crippen LogP contribution < -0.4 is 14.8 Å². The number of para-hydroxylation sites is 1. The van der Waals surface area contributed by atoms with Crippen LogP contribution in [0.1, 0.15) is 24.3 Å². The van der Waals surface area contributed by atoms with Crippen molar-refractivity contribution in [3.63, 3.8) is 0 Å². The van der Waals surface area contributed by atoms with E-state index in [1.807, 2.05) is 0 Å². The summed E-state index contributed by atoms with van der Waals surface area (Å²) in [4.78, 5) is 23.5. The number of benzene rings is 2. The van der Waals surface area contributed by atoms with Crippen molar-refractivity contribution in [1.29, 1.82) is 0 Å². The lowest BCUT2D eigenvalue weighted by Gasteiger charge is -2.13. The first-order valence-corrected chi connectivity index (χ1v) is 9.14. The van der Waals surface area contributed by atoms with Crippen molar-refractivity contribution < 1.29 is 23.6 Å². The Labute approximate surface area is 171 Å². The van der Waals surface area contributed by atoms with Crippen LogP contribution in [0.5, 0.6) is 11.5 Å². The van der Waals surface area contributed by atoms with Crippen molar-refractivity contribution in [2.24, 2.45) is 0 Å². The third-order valence-electron chi connectivity index (χ3n) is 4.03. The van der Waals surface area contributed by atoms with Crippen molar-refractivity contribution in [3.8, 4) is 17.2 Å². The maximum absolute atomic E-state index is 13.9. The minimum atomic E-state index is -0.695. The van der Waals surface area contributed by atoms with Crippen LogP contribution in [-0.4, -0.2) is 33.8 Å². The lowest BCUT2D eigenvalue weighted by molar-refractivity contribution is -0.384. The van der Waals surface area contributed by atoms with Crippen LogP contribution in [0.3, 0.4) is 0 Å². The third kappa shape index (κ3) is 4.37. The molecular weight excluding hydrogens is 395 g/mol. The van der Waals surface area contributed by atoms with Crippen LogP contribution in [-0.2, 0) is 0 Å². The normalized spacial score (nSPS) is 10.5. The number of rotatable bonds is 8. The van der Waals surface area contributed by atoms with Crippen LogP contribution >= 0.6 is 0 Å². The molecule has 0 aliphatic heterocycles. The maximum Gasteiger partial charge on any atom is 0.296 e. The summed E-state index contributed by atoms with van der Waals surface area (Å²) in [6.45, 7) is 4.09. The van der Waals surface area contributed by atoms with Gasteiger partial charge in [-0.1, -0.05) is 12.1 Å². The summed E-state index contributed by atoms with van der Waals surface area (Å²) in [5.74, 6) is -0.735. The van der Waals surface area contributed by atoms with Gasteiger partial charge in [-0.2, -0.15) is 5.10 Å². The average Bonchev–Trinajstić information content (AvgIpc) is 3.20. The predicted molar refractivity (Wildman–Crippen MR) is 107 cm³/mol. The average molecular weight is 414 g/mol. The molecule has 1 amide bonds. The van der Waals surface area contributed by atoms with Gasteiger partial charge in [0.25, 0.3) is 11.6 Å². The van der Waals surface area contributed by atoms with Crippen molar-refractivity contribution in [3.05, 3.63) is 70.3 Å². The Morgan fingerprint density at radius 1 is 1.17 bits per heavy atom. The fourth-order valence-corrected chi connectivity index (χ4v) is 2.74. The van der Waals surface area contributed by atoms with E-state index < -0.39 is 16.6 Å². The number of amides is 1. The first-order chi connectivity index (χ1) is 14.4. The van der Waals surface area contributed by atoms with Gasteiger partial charge in [-0.05, 0) is 32.0 Å². The minimum absolute atomic E-state index is 0.0422. The van der Waals surface area contributed by atoms with Gasteiger partial charge in [0.05, 0.1) is 24.2 Å². The number of halogens is 1. The van der Waals surface area contributed by atoms with E-state index in [1.54, 1.807) is 19.9 Å². The summed E-state index contributed by atoms with van der Waals surface area (Å²) in [5, 5.41) is 18.0. The summed E-state index contributed by atoms with van der Waals surface area (Å²) >= 11 is 0. The van der Waals surface area contributed by atoms with Crippen molar-refractivity contribution >= 4 is 17.3 Å². The van der Waals surface area contributed by atoms with Crippen molar-refractivity contribution in [2.75, 3.05) is 18.5 Å². The number of ether oxygens (including phenoxy) is 2. The van der Waals surface area contributed by atoms with Crippen LogP contribution in [0.15, 0.2) is 48.7 Å². The smallest absolute Gasteiger partial charge is 0.296 e. The van der Waals surface area contributed by atoms with E-state index in [9.17, 15) is 19.3 Å². The molecule has 0 saturated carbocycles. The molecule has 0 saturated heterocycles. The minimum Gasteiger partial charge on any atom is -0.490 e. The Balaban J connectivity index is 1.92. The molecule has 30 heavy (non-hydrogen) atoms. The molecule has 156 valence electrons. The number of carbonyl (C=O) groups excluding carboxylic acids is 1. The van der Waals surface area contributed by atoms with Gasteiger partial charge < -0.3 is 14.8 Å². The Morgan fingerprint density at radius 2 is 1.83 bits per heavy atom. The molecule has 10 heteroatoms. The first-order valence-electron chi connectivity index (χ1n) is 9.14. The molecule has 0 unspecified atom stereocenters. The second kappa shape index (κ2) is 9.03. The number of hydrogen-bond acceptors (Lipinski definition) is 6. The van der Waals surface area contributed by atoms with E-state index in [1.165, 1.54) is 47.3 Å². The molecule has 9 nitrogen and oxygen atoms in total. The molecule has 0 spiro atoms. The van der Waals surface area contributed by atoms with Crippen LogP contribution in [0.2, 0.25) is 0 Å². The first kappa shape index (κ1) is 20.8. The zero-order valence-electron chi connectivity index (χ0n) is 16.3. The highest BCUT2D eigenvalue weighted by Crippen LogP contribution is 2.38. The Bertz CT molecular complexity index is 1080. The summed E-state index contributed by atoms with van der Waals surface area (Å²) in [6, 6.07) is 9.87. The number of nitro benzene ring substituents is 1.